The second-order valence-electron chi connectivity index (χ2n) is 5.80. The van der Waals surface area contributed by atoms with Crippen LogP contribution in [0.2, 0.25) is 5.02 Å². The molecule has 0 unspecified atom stereocenters. The number of benzene rings is 2. The third kappa shape index (κ3) is 4.76. The summed E-state index contributed by atoms with van der Waals surface area (Å²) < 4.78 is 6.14. The molecule has 0 radical (unpaired) electrons. The number of rotatable bonds is 6. The Balaban J connectivity index is 1.86. The molecule has 0 aliphatic carbocycles. The third-order valence-electron chi connectivity index (χ3n) is 3.79. The third-order valence-corrected chi connectivity index (χ3v) is 5.56. The maximum Gasteiger partial charge on any atom is 0.293 e. The van der Waals surface area contributed by atoms with Crippen LogP contribution in [0.5, 0.6) is 5.75 Å². The maximum atomic E-state index is 12.7. The summed E-state index contributed by atoms with van der Waals surface area (Å²) >= 11 is 10.3. The van der Waals surface area contributed by atoms with Crippen LogP contribution in [0.4, 0.5) is 4.79 Å². The van der Waals surface area contributed by atoms with Crippen molar-refractivity contribution in [2.45, 2.75) is 6.54 Å². The van der Waals surface area contributed by atoms with Gasteiger partial charge < -0.3 is 10.5 Å². The smallest absolute Gasteiger partial charge is 0.293 e. The minimum atomic E-state index is -0.617. The number of imide groups is 1. The number of thioether (sulfide) groups is 1. The fourth-order valence-electron chi connectivity index (χ4n) is 2.49. The van der Waals surface area contributed by atoms with Gasteiger partial charge >= 0.3 is 0 Å². The van der Waals surface area contributed by atoms with E-state index in [2.05, 4.69) is 15.9 Å². The molecule has 28 heavy (non-hydrogen) atoms. The number of primary amides is 1. The molecule has 2 aromatic carbocycles. The van der Waals surface area contributed by atoms with Gasteiger partial charge in [-0.05, 0) is 47.7 Å². The van der Waals surface area contributed by atoms with Gasteiger partial charge in [-0.1, -0.05) is 45.7 Å². The van der Waals surface area contributed by atoms with E-state index in [4.69, 9.17) is 22.1 Å². The summed E-state index contributed by atoms with van der Waals surface area (Å²) in [6.07, 6.45) is 1.55. The molecule has 9 heteroatoms. The van der Waals surface area contributed by atoms with Crippen LogP contribution in [0.15, 0.2) is 51.8 Å². The Bertz CT molecular complexity index is 996. The fraction of sp³-hybridized carbons (Fsp3) is 0.105. The van der Waals surface area contributed by atoms with E-state index in [-0.39, 0.29) is 23.3 Å². The van der Waals surface area contributed by atoms with Crippen LogP contribution in [-0.2, 0) is 16.1 Å². The van der Waals surface area contributed by atoms with Crippen LogP contribution < -0.4 is 10.5 Å². The summed E-state index contributed by atoms with van der Waals surface area (Å²) in [5.74, 6) is -0.662. The number of carbonyl (C=O) groups is 3. The molecule has 6 nitrogen and oxygen atoms in total. The lowest BCUT2D eigenvalue weighted by Crippen LogP contribution is -2.27. The van der Waals surface area contributed by atoms with Crippen LogP contribution in [0.3, 0.4) is 0 Å². The zero-order chi connectivity index (χ0) is 20.3. The number of halogens is 2. The summed E-state index contributed by atoms with van der Waals surface area (Å²) in [6, 6.07) is 12.1. The zero-order valence-electron chi connectivity index (χ0n) is 14.4. The van der Waals surface area contributed by atoms with E-state index in [1.54, 1.807) is 48.5 Å². The zero-order valence-corrected chi connectivity index (χ0v) is 17.5. The van der Waals surface area contributed by atoms with Crippen molar-refractivity contribution in [2.24, 2.45) is 5.73 Å². The minimum Gasteiger partial charge on any atom is -0.483 e. The SMILES string of the molecule is NC(=O)COc1ccc(Br)cc1/C=C1\SC(=O)N(Cc2ccccc2Cl)C1=O. The van der Waals surface area contributed by atoms with E-state index in [0.717, 1.165) is 21.1 Å². The monoisotopic (exact) mass is 480 g/mol. The number of hydrogen-bond donors (Lipinski definition) is 1. The molecule has 0 spiro atoms. The molecule has 1 fully saturated rings. The standard InChI is InChI=1S/C19H14BrClN2O4S/c20-13-5-6-15(27-10-17(22)24)12(7-13)8-16-18(25)23(19(26)28-16)9-11-3-1-2-4-14(11)21/h1-8H,9-10H2,(H2,22,24)/b16-8-. The van der Waals surface area contributed by atoms with E-state index >= 15 is 0 Å². The largest absolute Gasteiger partial charge is 0.483 e. The van der Waals surface area contributed by atoms with Gasteiger partial charge in [-0.15, -0.1) is 0 Å². The van der Waals surface area contributed by atoms with Crippen LogP contribution in [0, 0.1) is 0 Å². The van der Waals surface area contributed by atoms with Crippen molar-refractivity contribution in [2.75, 3.05) is 6.61 Å². The second-order valence-corrected chi connectivity index (χ2v) is 8.11. The van der Waals surface area contributed by atoms with Crippen LogP contribution in [0.1, 0.15) is 11.1 Å². The van der Waals surface area contributed by atoms with Gasteiger partial charge in [0.25, 0.3) is 17.1 Å². The highest BCUT2D eigenvalue weighted by Gasteiger charge is 2.35. The average Bonchev–Trinajstić information content (AvgIpc) is 2.90. The molecular weight excluding hydrogens is 468 g/mol. The number of carbonyl (C=O) groups excluding carboxylic acids is 3. The highest BCUT2D eigenvalue weighted by atomic mass is 79.9. The summed E-state index contributed by atoms with van der Waals surface area (Å²) in [5, 5.41) is 0.102. The molecule has 1 heterocycles. The van der Waals surface area contributed by atoms with Gasteiger partial charge in [0.15, 0.2) is 6.61 Å². The molecule has 3 amide bonds. The van der Waals surface area contributed by atoms with E-state index in [1.165, 1.54) is 0 Å². The molecule has 3 rings (SSSR count). The normalized spacial score (nSPS) is 15.4. The Morgan fingerprint density at radius 3 is 2.71 bits per heavy atom. The topological polar surface area (TPSA) is 89.7 Å². The van der Waals surface area contributed by atoms with Crippen LogP contribution >= 0.6 is 39.3 Å². The Morgan fingerprint density at radius 2 is 2.00 bits per heavy atom. The lowest BCUT2D eigenvalue weighted by Gasteiger charge is -2.13. The lowest BCUT2D eigenvalue weighted by molar-refractivity contribution is -0.123. The predicted molar refractivity (Wildman–Crippen MR) is 112 cm³/mol. The Morgan fingerprint density at radius 1 is 1.25 bits per heavy atom. The van der Waals surface area contributed by atoms with E-state index in [1.807, 2.05) is 0 Å². The number of hydrogen-bond acceptors (Lipinski definition) is 5. The number of amides is 3. The molecule has 2 N–H and O–H groups in total. The van der Waals surface area contributed by atoms with Gasteiger partial charge in [-0.25, -0.2) is 0 Å². The summed E-state index contributed by atoms with van der Waals surface area (Å²) in [7, 11) is 0. The highest BCUT2D eigenvalue weighted by molar-refractivity contribution is 9.10. The Hall–Kier alpha value is -2.29. The van der Waals surface area contributed by atoms with Crippen molar-refractivity contribution in [3.05, 3.63) is 68.0 Å². The molecule has 2 aromatic rings. The van der Waals surface area contributed by atoms with Crippen LogP contribution in [-0.4, -0.2) is 28.6 Å². The molecule has 1 aliphatic rings. The van der Waals surface area contributed by atoms with E-state index in [9.17, 15) is 14.4 Å². The maximum absolute atomic E-state index is 12.7. The van der Waals surface area contributed by atoms with Gasteiger partial charge in [-0.3, -0.25) is 19.3 Å². The van der Waals surface area contributed by atoms with Gasteiger partial charge in [0.05, 0.1) is 11.4 Å². The molecular formula is C19H14BrClN2O4S. The second kappa shape index (κ2) is 8.81. The van der Waals surface area contributed by atoms with Gasteiger partial charge in [0.2, 0.25) is 0 Å². The van der Waals surface area contributed by atoms with Crippen molar-refractivity contribution in [1.82, 2.24) is 4.90 Å². The molecule has 144 valence electrons. The number of nitrogens with two attached hydrogens (primary N) is 1. The van der Waals surface area contributed by atoms with Crippen molar-refractivity contribution in [3.63, 3.8) is 0 Å². The molecule has 0 saturated carbocycles. The predicted octanol–water partition coefficient (Wildman–Crippen LogP) is 4.20. The average molecular weight is 482 g/mol. The lowest BCUT2D eigenvalue weighted by atomic mass is 10.1. The molecule has 1 saturated heterocycles. The first kappa shape index (κ1) is 20.4. The van der Waals surface area contributed by atoms with Gasteiger partial charge in [0, 0.05) is 15.1 Å². The first-order chi connectivity index (χ1) is 13.3. The van der Waals surface area contributed by atoms with E-state index < -0.39 is 11.8 Å². The molecule has 0 aromatic heterocycles. The minimum absolute atomic E-state index is 0.0885. The molecule has 0 bridgehead atoms. The Labute approximate surface area is 178 Å². The first-order valence-corrected chi connectivity index (χ1v) is 10.0. The number of nitrogens with zero attached hydrogens (tertiary/aromatic N) is 1. The number of ether oxygens (including phenoxy) is 1. The van der Waals surface area contributed by atoms with Crippen molar-refractivity contribution >= 4 is 62.4 Å². The quantitative estimate of drug-likeness (QED) is 0.625. The van der Waals surface area contributed by atoms with E-state index in [0.29, 0.717) is 21.9 Å². The first-order valence-electron chi connectivity index (χ1n) is 8.04. The summed E-state index contributed by atoms with van der Waals surface area (Å²) in [4.78, 5) is 37.5. The van der Waals surface area contributed by atoms with Gasteiger partial charge in [-0.2, -0.15) is 0 Å². The molecule has 0 atom stereocenters. The Kier molecular flexibility index (Phi) is 6.43. The molecule has 1 aliphatic heterocycles. The summed E-state index contributed by atoms with van der Waals surface area (Å²) in [6.45, 7) is -0.207. The van der Waals surface area contributed by atoms with Crippen LogP contribution in [0.25, 0.3) is 6.08 Å². The fourth-order valence-corrected chi connectivity index (χ4v) is 3.89. The summed E-state index contributed by atoms with van der Waals surface area (Å²) in [5.41, 5.74) is 6.34. The highest BCUT2D eigenvalue weighted by Crippen LogP contribution is 2.36. The van der Waals surface area contributed by atoms with Crippen molar-refractivity contribution in [3.8, 4) is 5.75 Å². The van der Waals surface area contributed by atoms with Crippen molar-refractivity contribution in [1.29, 1.82) is 0 Å². The van der Waals surface area contributed by atoms with Gasteiger partial charge in [0.1, 0.15) is 5.75 Å². The van der Waals surface area contributed by atoms with Crippen molar-refractivity contribution < 1.29 is 19.1 Å².